The van der Waals surface area contributed by atoms with Gasteiger partial charge in [0.25, 0.3) is 11.8 Å². The average Bonchev–Trinajstić information content (AvgIpc) is 3.37. The maximum absolute atomic E-state index is 12.9. The number of amides is 2. The van der Waals surface area contributed by atoms with E-state index in [0.29, 0.717) is 11.8 Å². The van der Waals surface area contributed by atoms with Gasteiger partial charge in [0, 0.05) is 29.7 Å². The van der Waals surface area contributed by atoms with Crippen LogP contribution in [0.3, 0.4) is 0 Å². The first-order chi connectivity index (χ1) is 12.6. The van der Waals surface area contributed by atoms with Gasteiger partial charge in [0.05, 0.1) is 18.1 Å². The summed E-state index contributed by atoms with van der Waals surface area (Å²) in [4.78, 5) is 25.9. The fourth-order valence-corrected chi connectivity index (χ4v) is 5.65. The molecule has 2 bridgehead atoms. The first-order valence-electron chi connectivity index (χ1n) is 9.29. The highest BCUT2D eigenvalue weighted by molar-refractivity contribution is 6.07. The molecule has 0 unspecified atom stereocenters. The summed E-state index contributed by atoms with van der Waals surface area (Å²) in [5.41, 5.74) is 2.02. The van der Waals surface area contributed by atoms with Crippen molar-refractivity contribution in [2.45, 2.75) is 6.42 Å². The Morgan fingerprint density at radius 1 is 1.04 bits per heavy atom. The van der Waals surface area contributed by atoms with E-state index in [1.54, 1.807) is 6.21 Å². The lowest BCUT2D eigenvalue weighted by molar-refractivity contribution is -0.140. The van der Waals surface area contributed by atoms with Gasteiger partial charge in [-0.1, -0.05) is 30.4 Å². The van der Waals surface area contributed by atoms with Crippen LogP contribution in [-0.4, -0.2) is 27.6 Å². The molecule has 6 atom stereocenters. The maximum Gasteiger partial charge on any atom is 0.254 e. The van der Waals surface area contributed by atoms with Crippen molar-refractivity contribution in [3.63, 3.8) is 0 Å². The van der Waals surface area contributed by atoms with Crippen molar-refractivity contribution in [3.8, 4) is 0 Å². The van der Waals surface area contributed by atoms with E-state index in [4.69, 9.17) is 0 Å². The molecular weight excluding hydrogens is 326 g/mol. The number of hydrogen-bond donors (Lipinski definition) is 0. The number of para-hydroxylation sites is 1. The Hall–Kier alpha value is -2.69. The Bertz CT molecular complexity index is 997. The molecule has 26 heavy (non-hydrogen) atoms. The van der Waals surface area contributed by atoms with Crippen LogP contribution in [0.15, 0.2) is 47.7 Å². The molecule has 7 rings (SSSR count). The summed E-state index contributed by atoms with van der Waals surface area (Å²) in [6.45, 7) is 0. The van der Waals surface area contributed by atoms with E-state index in [0.717, 1.165) is 21.5 Å². The van der Waals surface area contributed by atoms with Gasteiger partial charge in [-0.15, -0.1) is 0 Å². The molecule has 1 aromatic carbocycles. The van der Waals surface area contributed by atoms with Gasteiger partial charge in [-0.25, -0.2) is 0 Å². The number of aryl methyl sites for hydroxylation is 1. The molecule has 5 aliphatic rings. The molecule has 2 amide bonds. The van der Waals surface area contributed by atoms with Crippen LogP contribution in [0.1, 0.15) is 12.0 Å². The molecule has 4 aliphatic carbocycles. The minimum Gasteiger partial charge on any atom is -0.350 e. The molecule has 5 nitrogen and oxygen atoms in total. The van der Waals surface area contributed by atoms with E-state index < -0.39 is 0 Å². The van der Waals surface area contributed by atoms with E-state index in [1.807, 2.05) is 42.1 Å². The lowest BCUT2D eigenvalue weighted by Gasteiger charge is -2.37. The average molecular weight is 345 g/mol. The van der Waals surface area contributed by atoms with Crippen LogP contribution in [0.25, 0.3) is 10.9 Å². The smallest absolute Gasteiger partial charge is 0.254 e. The Labute approximate surface area is 151 Å². The van der Waals surface area contributed by atoms with E-state index in [-0.39, 0.29) is 35.5 Å². The number of imide groups is 1. The zero-order chi connectivity index (χ0) is 17.6. The maximum atomic E-state index is 12.9. The van der Waals surface area contributed by atoms with Gasteiger partial charge in [0.1, 0.15) is 0 Å². The summed E-state index contributed by atoms with van der Waals surface area (Å²) < 4.78 is 2.03. The first kappa shape index (κ1) is 14.5. The molecule has 0 radical (unpaired) electrons. The molecule has 0 spiro atoms. The lowest BCUT2D eigenvalue weighted by atomic mass is 9.63. The number of hydrogen-bond acceptors (Lipinski definition) is 3. The summed E-state index contributed by atoms with van der Waals surface area (Å²) >= 11 is 0. The number of nitrogens with zero attached hydrogens (tertiary/aromatic N) is 3. The third-order valence-corrected chi connectivity index (χ3v) is 6.88. The number of rotatable bonds is 2. The summed E-state index contributed by atoms with van der Waals surface area (Å²) in [5, 5.41) is 6.56. The first-order valence-corrected chi connectivity index (χ1v) is 9.29. The number of allylic oxidation sites excluding steroid dienone is 2. The van der Waals surface area contributed by atoms with Crippen LogP contribution < -0.4 is 0 Å². The zero-order valence-corrected chi connectivity index (χ0v) is 14.4. The standard InChI is InChI=1S/C21H19N3O2/c1-23-10-11(12-4-2-3-5-17(12)23)9-22-24-20(25)18-13-6-7-14(16-8-15(13)16)19(18)21(24)26/h2-7,9-10,13-16,18-19H,8H2,1H3/b22-9-/t13-,14-,15-,16+,18+,19-/m1/s1. The summed E-state index contributed by atoms with van der Waals surface area (Å²) in [7, 11) is 1.98. The van der Waals surface area contributed by atoms with Gasteiger partial charge in [0.15, 0.2) is 0 Å². The Balaban J connectivity index is 1.36. The lowest BCUT2D eigenvalue weighted by Crippen LogP contribution is -2.40. The topological polar surface area (TPSA) is 54.7 Å². The minimum atomic E-state index is -0.189. The summed E-state index contributed by atoms with van der Waals surface area (Å²) in [6, 6.07) is 8.05. The number of fused-ring (bicyclic) bond motifs is 1. The number of hydrazone groups is 1. The van der Waals surface area contributed by atoms with Crippen LogP contribution >= 0.6 is 0 Å². The highest BCUT2D eigenvalue weighted by Crippen LogP contribution is 2.65. The van der Waals surface area contributed by atoms with Crippen LogP contribution in [0.2, 0.25) is 0 Å². The van der Waals surface area contributed by atoms with Gasteiger partial charge < -0.3 is 4.57 Å². The Morgan fingerprint density at radius 3 is 2.38 bits per heavy atom. The molecule has 0 N–H and O–H groups in total. The van der Waals surface area contributed by atoms with Gasteiger partial charge in [-0.05, 0) is 36.2 Å². The SMILES string of the molecule is Cn1cc(/C=N\N2C(=O)[C@@H]3[C@@H]4C=C[C@H]([C@H]5C[C@@H]45)[C@@H]3C2=O)c2ccccc21. The monoisotopic (exact) mass is 345 g/mol. The normalized spacial score (nSPS) is 37.0. The van der Waals surface area contributed by atoms with E-state index in [9.17, 15) is 9.59 Å². The van der Waals surface area contributed by atoms with Gasteiger partial charge in [0.2, 0.25) is 0 Å². The van der Waals surface area contributed by atoms with Crippen LogP contribution in [0, 0.1) is 35.5 Å². The number of carbonyl (C=O) groups excluding carboxylic acids is 2. The third-order valence-electron chi connectivity index (χ3n) is 6.88. The zero-order valence-electron chi connectivity index (χ0n) is 14.4. The van der Waals surface area contributed by atoms with Gasteiger partial charge >= 0.3 is 0 Å². The van der Waals surface area contributed by atoms with Gasteiger partial charge in [-0.2, -0.15) is 10.1 Å². The van der Waals surface area contributed by atoms with Crippen LogP contribution in [0.4, 0.5) is 0 Å². The van der Waals surface area contributed by atoms with Crippen molar-refractivity contribution in [3.05, 3.63) is 48.2 Å². The van der Waals surface area contributed by atoms with E-state index >= 15 is 0 Å². The highest BCUT2D eigenvalue weighted by Gasteiger charge is 2.67. The van der Waals surface area contributed by atoms with Crippen molar-refractivity contribution in [1.29, 1.82) is 0 Å². The second-order valence-electron chi connectivity index (χ2n) is 8.10. The van der Waals surface area contributed by atoms with Gasteiger partial charge in [-0.3, -0.25) is 9.59 Å². The quantitative estimate of drug-likeness (QED) is 0.477. The Morgan fingerprint density at radius 2 is 1.69 bits per heavy atom. The fourth-order valence-electron chi connectivity index (χ4n) is 5.65. The molecule has 1 saturated heterocycles. The molecule has 130 valence electrons. The van der Waals surface area contributed by atoms with Crippen molar-refractivity contribution in [2.24, 2.45) is 47.7 Å². The molecule has 3 fully saturated rings. The molecule has 1 aliphatic heterocycles. The number of carbonyl (C=O) groups is 2. The molecule has 5 heteroatoms. The van der Waals surface area contributed by atoms with E-state index in [1.165, 1.54) is 6.42 Å². The largest absolute Gasteiger partial charge is 0.350 e. The van der Waals surface area contributed by atoms with E-state index in [2.05, 4.69) is 17.3 Å². The second kappa shape index (κ2) is 4.72. The number of aromatic nitrogens is 1. The van der Waals surface area contributed by atoms with Crippen LogP contribution in [-0.2, 0) is 16.6 Å². The predicted octanol–water partition coefficient (Wildman–Crippen LogP) is 2.57. The van der Waals surface area contributed by atoms with Crippen molar-refractivity contribution in [1.82, 2.24) is 9.58 Å². The third kappa shape index (κ3) is 1.68. The molecule has 2 heterocycles. The van der Waals surface area contributed by atoms with Crippen molar-refractivity contribution >= 4 is 28.9 Å². The second-order valence-corrected chi connectivity index (χ2v) is 8.10. The van der Waals surface area contributed by atoms with Crippen molar-refractivity contribution < 1.29 is 9.59 Å². The molecule has 1 aromatic heterocycles. The van der Waals surface area contributed by atoms with Crippen LogP contribution in [0.5, 0.6) is 0 Å². The molecular formula is C21H19N3O2. The molecule has 2 aromatic rings. The highest BCUT2D eigenvalue weighted by atomic mass is 16.2. The fraction of sp³-hybridized carbons (Fsp3) is 0.381. The number of benzene rings is 1. The molecule has 2 saturated carbocycles. The predicted molar refractivity (Wildman–Crippen MR) is 97.1 cm³/mol. The van der Waals surface area contributed by atoms with Crippen molar-refractivity contribution in [2.75, 3.05) is 0 Å². The summed E-state index contributed by atoms with van der Waals surface area (Å²) in [6.07, 6.45) is 9.18. The minimum absolute atomic E-state index is 0.110. The summed E-state index contributed by atoms with van der Waals surface area (Å²) in [5.74, 6) is 1.11. The Kier molecular flexibility index (Phi) is 2.63.